The number of amides is 2. The van der Waals surface area contributed by atoms with Gasteiger partial charge in [0.15, 0.2) is 5.54 Å². The normalized spacial score (nSPS) is 18.5. The van der Waals surface area contributed by atoms with Gasteiger partial charge in [0.1, 0.15) is 13.2 Å². The van der Waals surface area contributed by atoms with Crippen LogP contribution in [0.1, 0.15) is 31.9 Å². The molecule has 0 radical (unpaired) electrons. The van der Waals surface area contributed by atoms with E-state index in [1.807, 2.05) is 60.7 Å². The van der Waals surface area contributed by atoms with Crippen LogP contribution in [0.5, 0.6) is 0 Å². The molecule has 0 spiro atoms. The number of carbonyl (C=O) groups is 3. The second-order valence-electron chi connectivity index (χ2n) is 9.07. The maximum atomic E-state index is 13.0. The van der Waals surface area contributed by atoms with E-state index in [1.165, 1.54) is 9.80 Å². The van der Waals surface area contributed by atoms with E-state index in [0.717, 1.165) is 11.1 Å². The highest BCUT2D eigenvalue weighted by atomic mass is 16.6. The Morgan fingerprint density at radius 2 is 1.33 bits per heavy atom. The van der Waals surface area contributed by atoms with Crippen LogP contribution in [0.2, 0.25) is 0 Å². The van der Waals surface area contributed by atoms with Crippen LogP contribution in [0.25, 0.3) is 0 Å². The first-order valence-corrected chi connectivity index (χ1v) is 10.8. The predicted molar refractivity (Wildman–Crippen MR) is 121 cm³/mol. The molecule has 0 bridgehead atoms. The molecule has 1 unspecified atom stereocenters. The van der Waals surface area contributed by atoms with Crippen LogP contribution in [0, 0.1) is 5.41 Å². The Morgan fingerprint density at radius 3 is 1.79 bits per heavy atom. The number of carboxylic acid groups (broad SMARTS) is 1. The lowest BCUT2D eigenvalue weighted by Gasteiger charge is -2.53. The van der Waals surface area contributed by atoms with Crippen LogP contribution in [-0.4, -0.2) is 58.2 Å². The van der Waals surface area contributed by atoms with Gasteiger partial charge in [-0.25, -0.2) is 14.4 Å². The number of carbonyl (C=O) groups excluding carboxylic acids is 2. The second-order valence-corrected chi connectivity index (χ2v) is 9.07. The average Bonchev–Trinajstić information content (AvgIpc) is 2.81. The van der Waals surface area contributed by atoms with Gasteiger partial charge in [-0.3, -0.25) is 4.90 Å². The highest BCUT2D eigenvalue weighted by Gasteiger charge is 2.59. The minimum Gasteiger partial charge on any atom is -0.479 e. The summed E-state index contributed by atoms with van der Waals surface area (Å²) in [6.45, 7) is 5.25. The van der Waals surface area contributed by atoms with Gasteiger partial charge in [-0.2, -0.15) is 0 Å². The summed E-state index contributed by atoms with van der Waals surface area (Å²) in [5, 5.41) is 10.3. The summed E-state index contributed by atoms with van der Waals surface area (Å²) < 4.78 is 10.9. The summed E-state index contributed by atoms with van der Waals surface area (Å²) in [6, 6.07) is 18.4. The van der Waals surface area contributed by atoms with E-state index in [9.17, 15) is 19.5 Å². The summed E-state index contributed by atoms with van der Waals surface area (Å²) in [7, 11) is 0. The van der Waals surface area contributed by atoms with Gasteiger partial charge in [0.25, 0.3) is 0 Å². The molecule has 0 saturated carbocycles. The molecule has 1 aliphatic rings. The van der Waals surface area contributed by atoms with Crippen LogP contribution in [0.3, 0.4) is 0 Å². The van der Waals surface area contributed by atoms with Gasteiger partial charge in [0.2, 0.25) is 0 Å². The number of hydrogen-bond acceptors (Lipinski definition) is 5. The molecule has 3 rings (SSSR count). The number of rotatable bonds is 5. The fourth-order valence-electron chi connectivity index (χ4n) is 4.01. The number of ether oxygens (including phenoxy) is 2. The third-order valence-corrected chi connectivity index (χ3v) is 5.96. The molecule has 8 nitrogen and oxygen atoms in total. The van der Waals surface area contributed by atoms with Crippen LogP contribution in [-0.2, 0) is 27.5 Å². The van der Waals surface area contributed by atoms with E-state index >= 15 is 0 Å². The lowest BCUT2D eigenvalue weighted by molar-refractivity contribution is -0.164. The summed E-state index contributed by atoms with van der Waals surface area (Å²) in [4.78, 5) is 41.0. The molecule has 1 aliphatic heterocycles. The molecule has 2 amide bonds. The Bertz CT molecular complexity index is 973. The number of piperazine rings is 1. The third-order valence-electron chi connectivity index (χ3n) is 5.96. The molecular formula is C25H30N2O6. The highest BCUT2D eigenvalue weighted by molar-refractivity contribution is 5.87. The standard InChI is InChI=1S/C25H30N2O6/c1-24(2,3)25(21(28)29)18-26(22(30)32-16-19-10-6-4-7-11-19)14-15-27(25)23(31)33-17-20-12-8-5-9-13-20/h4-13H,14-18H2,1-3H3,(H,28,29). The topological polar surface area (TPSA) is 96.4 Å². The summed E-state index contributed by atoms with van der Waals surface area (Å²) in [6.07, 6.45) is -1.35. The summed E-state index contributed by atoms with van der Waals surface area (Å²) >= 11 is 0. The molecule has 176 valence electrons. The minimum atomic E-state index is -1.69. The largest absolute Gasteiger partial charge is 0.479 e. The van der Waals surface area contributed by atoms with Crippen molar-refractivity contribution in [3.8, 4) is 0 Å². The lowest BCUT2D eigenvalue weighted by atomic mass is 9.71. The number of carboxylic acids is 1. The van der Waals surface area contributed by atoms with E-state index in [0.29, 0.717) is 0 Å². The van der Waals surface area contributed by atoms with E-state index in [1.54, 1.807) is 20.8 Å². The van der Waals surface area contributed by atoms with Crippen LogP contribution < -0.4 is 0 Å². The molecule has 2 aromatic carbocycles. The van der Waals surface area contributed by atoms with Crippen LogP contribution in [0.4, 0.5) is 9.59 Å². The monoisotopic (exact) mass is 454 g/mol. The molecule has 1 N–H and O–H groups in total. The first kappa shape index (κ1) is 24.1. The van der Waals surface area contributed by atoms with Crippen molar-refractivity contribution < 1.29 is 29.0 Å². The number of hydrogen-bond donors (Lipinski definition) is 1. The average molecular weight is 455 g/mol. The van der Waals surface area contributed by atoms with Crippen molar-refractivity contribution in [2.24, 2.45) is 5.41 Å². The fourth-order valence-corrected chi connectivity index (χ4v) is 4.01. The van der Waals surface area contributed by atoms with Crippen LogP contribution in [0.15, 0.2) is 60.7 Å². The quantitative estimate of drug-likeness (QED) is 0.729. The molecule has 33 heavy (non-hydrogen) atoms. The molecule has 2 aromatic rings. The number of nitrogens with zero attached hydrogens (tertiary/aromatic N) is 2. The van der Waals surface area contributed by atoms with E-state index in [4.69, 9.17) is 9.47 Å². The van der Waals surface area contributed by atoms with Crippen molar-refractivity contribution in [3.05, 3.63) is 71.8 Å². The van der Waals surface area contributed by atoms with E-state index in [2.05, 4.69) is 0 Å². The van der Waals surface area contributed by atoms with Crippen molar-refractivity contribution in [1.82, 2.24) is 9.80 Å². The zero-order valence-corrected chi connectivity index (χ0v) is 19.2. The molecule has 8 heteroatoms. The van der Waals surface area contributed by atoms with Gasteiger partial charge in [-0.1, -0.05) is 81.4 Å². The number of benzene rings is 2. The Kier molecular flexibility index (Phi) is 7.26. The van der Waals surface area contributed by atoms with Gasteiger partial charge in [0, 0.05) is 13.1 Å². The zero-order valence-electron chi connectivity index (χ0n) is 19.2. The van der Waals surface area contributed by atoms with E-state index < -0.39 is 29.1 Å². The Hall–Kier alpha value is -3.55. The third kappa shape index (κ3) is 5.27. The van der Waals surface area contributed by atoms with Crippen molar-refractivity contribution in [1.29, 1.82) is 0 Å². The first-order chi connectivity index (χ1) is 15.6. The Balaban J connectivity index is 1.77. The molecule has 0 aliphatic carbocycles. The molecular weight excluding hydrogens is 424 g/mol. The molecule has 1 atom stereocenters. The molecule has 1 heterocycles. The molecule has 0 aromatic heterocycles. The molecule has 1 saturated heterocycles. The van der Waals surface area contributed by atoms with Gasteiger partial charge >= 0.3 is 18.2 Å². The second kappa shape index (κ2) is 9.94. The van der Waals surface area contributed by atoms with Gasteiger partial charge in [-0.05, 0) is 16.5 Å². The SMILES string of the molecule is CC(C)(C)C1(C(=O)O)CN(C(=O)OCc2ccccc2)CCN1C(=O)OCc1ccccc1. The summed E-state index contributed by atoms with van der Waals surface area (Å²) in [5.74, 6) is -1.20. The van der Waals surface area contributed by atoms with Crippen molar-refractivity contribution in [2.45, 2.75) is 39.5 Å². The predicted octanol–water partition coefficient (Wildman–Crippen LogP) is 4.15. The van der Waals surface area contributed by atoms with Crippen molar-refractivity contribution >= 4 is 18.2 Å². The Morgan fingerprint density at radius 1 is 0.848 bits per heavy atom. The van der Waals surface area contributed by atoms with Gasteiger partial charge in [-0.15, -0.1) is 0 Å². The summed E-state index contributed by atoms with van der Waals surface area (Å²) in [5.41, 5.74) is -0.965. The Labute approximate surface area is 193 Å². The number of aliphatic carboxylic acids is 1. The fraction of sp³-hybridized carbons (Fsp3) is 0.400. The maximum Gasteiger partial charge on any atom is 0.411 e. The zero-order chi connectivity index (χ0) is 24.1. The van der Waals surface area contributed by atoms with Crippen LogP contribution >= 0.6 is 0 Å². The highest BCUT2D eigenvalue weighted by Crippen LogP contribution is 2.40. The van der Waals surface area contributed by atoms with E-state index in [-0.39, 0.29) is 32.8 Å². The van der Waals surface area contributed by atoms with Gasteiger partial charge in [0.05, 0.1) is 6.54 Å². The first-order valence-electron chi connectivity index (χ1n) is 10.8. The van der Waals surface area contributed by atoms with Gasteiger partial charge < -0.3 is 19.5 Å². The van der Waals surface area contributed by atoms with Crippen molar-refractivity contribution in [3.63, 3.8) is 0 Å². The van der Waals surface area contributed by atoms with Crippen molar-refractivity contribution in [2.75, 3.05) is 19.6 Å². The lowest BCUT2D eigenvalue weighted by Crippen LogP contribution is -2.73. The minimum absolute atomic E-state index is 0.0115. The smallest absolute Gasteiger partial charge is 0.411 e. The maximum absolute atomic E-state index is 13.0. The molecule has 1 fully saturated rings.